The first-order chi connectivity index (χ1) is 19.0. The Bertz CT molecular complexity index is 1260. The van der Waals surface area contributed by atoms with Gasteiger partial charge in [-0.15, -0.1) is 0 Å². The first-order valence-corrected chi connectivity index (χ1v) is 13.0. The lowest BCUT2D eigenvalue weighted by Crippen LogP contribution is -2.35. The summed E-state index contributed by atoms with van der Waals surface area (Å²) in [6.07, 6.45) is 1.30. The van der Waals surface area contributed by atoms with Gasteiger partial charge in [0.15, 0.2) is 0 Å². The lowest BCUT2D eigenvalue weighted by Gasteiger charge is -2.37. The fourth-order valence-electron chi connectivity index (χ4n) is 4.82. The third kappa shape index (κ3) is 7.25. The number of allylic oxidation sites excluding steroid dienone is 2. The predicted molar refractivity (Wildman–Crippen MR) is 148 cm³/mol. The van der Waals surface area contributed by atoms with Crippen molar-refractivity contribution in [3.05, 3.63) is 92.3 Å². The van der Waals surface area contributed by atoms with Crippen LogP contribution in [0.25, 0.3) is 0 Å². The van der Waals surface area contributed by atoms with E-state index < -0.39 is 22.8 Å². The molecule has 1 atom stereocenters. The molecule has 0 radical (unpaired) electrons. The maximum absolute atomic E-state index is 12.4. The second-order valence-corrected chi connectivity index (χ2v) is 9.68. The molecule has 0 fully saturated rings. The van der Waals surface area contributed by atoms with E-state index in [1.54, 1.807) is 18.7 Å². The third-order valence-corrected chi connectivity index (χ3v) is 6.95. The molecule has 1 heterocycles. The Balaban J connectivity index is 1.78. The normalized spacial score (nSPS) is 14.8. The Morgan fingerprint density at radius 3 is 2.25 bits per heavy atom. The zero-order chi connectivity index (χ0) is 29.4. The van der Waals surface area contributed by atoms with Crippen LogP contribution in [0.4, 0.5) is 5.69 Å². The maximum Gasteiger partial charge on any atom is 0.334 e. The molecule has 0 aliphatic carbocycles. The standard InChI is InChI=1S/C29H35N3O8/c1-18(17-33)30-13-5-15-40-24-10-8-21(9-11-24)12-14-31-19(2)25(28(34)35)27(26(20(31)3)29(36)37)22-6-4-7-23(16-22)32(38)39/h4,6-11,16,18,27,30,33H,5,12-15,17H2,1-3H3,(H,34,35)(H,36,37). The number of non-ortho nitro benzene ring substituents is 1. The van der Waals surface area contributed by atoms with Crippen molar-refractivity contribution in [3.63, 3.8) is 0 Å². The molecule has 2 aromatic carbocycles. The predicted octanol–water partition coefficient (Wildman–Crippen LogP) is 3.69. The monoisotopic (exact) mass is 553 g/mol. The number of benzene rings is 2. The van der Waals surface area contributed by atoms with Crippen LogP contribution in [0.5, 0.6) is 5.75 Å². The molecule has 11 nitrogen and oxygen atoms in total. The minimum absolute atomic E-state index is 0.0416. The summed E-state index contributed by atoms with van der Waals surface area (Å²) in [5.74, 6) is -3.02. The van der Waals surface area contributed by atoms with Gasteiger partial charge in [0.2, 0.25) is 0 Å². The highest BCUT2D eigenvalue weighted by Crippen LogP contribution is 2.42. The molecule has 0 saturated heterocycles. The number of carboxylic acid groups (broad SMARTS) is 2. The Hall–Kier alpha value is -4.22. The van der Waals surface area contributed by atoms with Crippen molar-refractivity contribution in [2.75, 3.05) is 26.3 Å². The highest BCUT2D eigenvalue weighted by molar-refractivity contribution is 5.98. The molecule has 11 heteroatoms. The van der Waals surface area contributed by atoms with E-state index in [2.05, 4.69) is 5.32 Å². The van der Waals surface area contributed by atoms with Crippen LogP contribution in [0.2, 0.25) is 0 Å². The van der Waals surface area contributed by atoms with Crippen LogP contribution in [0.1, 0.15) is 44.2 Å². The Kier molecular flexibility index (Phi) is 10.4. The van der Waals surface area contributed by atoms with E-state index in [-0.39, 0.29) is 35.0 Å². The minimum Gasteiger partial charge on any atom is -0.494 e. The largest absolute Gasteiger partial charge is 0.494 e. The van der Waals surface area contributed by atoms with E-state index in [0.717, 1.165) is 18.5 Å². The highest BCUT2D eigenvalue weighted by atomic mass is 16.6. The van der Waals surface area contributed by atoms with Crippen molar-refractivity contribution in [1.82, 2.24) is 10.2 Å². The number of nitrogens with one attached hydrogen (secondary N) is 1. The van der Waals surface area contributed by atoms with Crippen LogP contribution in [-0.2, 0) is 16.0 Å². The van der Waals surface area contributed by atoms with Crippen molar-refractivity contribution in [3.8, 4) is 5.75 Å². The lowest BCUT2D eigenvalue weighted by atomic mass is 9.79. The van der Waals surface area contributed by atoms with Gasteiger partial charge in [-0.25, -0.2) is 9.59 Å². The van der Waals surface area contributed by atoms with Gasteiger partial charge in [0.25, 0.3) is 5.69 Å². The van der Waals surface area contributed by atoms with E-state index in [0.29, 0.717) is 36.7 Å². The molecule has 214 valence electrons. The molecule has 0 aromatic heterocycles. The van der Waals surface area contributed by atoms with Crippen LogP contribution in [0.15, 0.2) is 71.1 Å². The van der Waals surface area contributed by atoms with Gasteiger partial charge < -0.3 is 30.3 Å². The Labute approximate surface area is 232 Å². The number of carbonyl (C=O) groups is 2. The fraction of sp³-hybridized carbons (Fsp3) is 0.379. The summed E-state index contributed by atoms with van der Waals surface area (Å²) in [6, 6.07) is 13.0. The van der Waals surface area contributed by atoms with Gasteiger partial charge in [0.05, 0.1) is 35.2 Å². The second-order valence-electron chi connectivity index (χ2n) is 9.68. The topological polar surface area (TPSA) is 162 Å². The number of hydrogen-bond acceptors (Lipinski definition) is 8. The quantitative estimate of drug-likeness (QED) is 0.154. The number of ether oxygens (including phenoxy) is 1. The van der Waals surface area contributed by atoms with E-state index in [1.165, 1.54) is 24.3 Å². The molecular formula is C29H35N3O8. The molecule has 0 spiro atoms. The number of rotatable bonds is 14. The van der Waals surface area contributed by atoms with Crippen molar-refractivity contribution in [2.45, 2.75) is 45.6 Å². The lowest BCUT2D eigenvalue weighted by molar-refractivity contribution is -0.384. The summed E-state index contributed by atoms with van der Waals surface area (Å²) in [4.78, 5) is 37.2. The molecule has 1 unspecified atom stereocenters. The molecular weight excluding hydrogens is 518 g/mol. The van der Waals surface area contributed by atoms with Gasteiger partial charge in [-0.2, -0.15) is 0 Å². The average Bonchev–Trinajstić information content (AvgIpc) is 2.92. The summed E-state index contributed by atoms with van der Waals surface area (Å²) in [5.41, 5.74) is 1.46. The SMILES string of the molecule is CC1=C(C(=O)O)C(c2cccc([N+](=O)[O-])c2)C(C(=O)O)=C(C)N1CCc1ccc(OCCCNC(C)CO)cc1. The van der Waals surface area contributed by atoms with Crippen molar-refractivity contribution in [2.24, 2.45) is 0 Å². The smallest absolute Gasteiger partial charge is 0.334 e. The molecule has 1 aliphatic heterocycles. The van der Waals surface area contributed by atoms with Gasteiger partial charge in [-0.1, -0.05) is 24.3 Å². The first kappa shape index (κ1) is 30.3. The molecule has 4 N–H and O–H groups in total. The summed E-state index contributed by atoms with van der Waals surface area (Å²) < 4.78 is 5.76. The first-order valence-electron chi connectivity index (χ1n) is 13.0. The van der Waals surface area contributed by atoms with Crippen LogP contribution in [0, 0.1) is 10.1 Å². The van der Waals surface area contributed by atoms with Crippen LogP contribution in [0.3, 0.4) is 0 Å². The fourth-order valence-corrected chi connectivity index (χ4v) is 4.82. The molecule has 0 bridgehead atoms. The Morgan fingerprint density at radius 2 is 1.70 bits per heavy atom. The number of hydrogen-bond donors (Lipinski definition) is 4. The number of aliphatic hydroxyl groups is 1. The van der Waals surface area contributed by atoms with Gasteiger partial charge in [-0.05, 0) is 63.4 Å². The number of nitrogens with zero attached hydrogens (tertiary/aromatic N) is 2. The molecule has 40 heavy (non-hydrogen) atoms. The zero-order valence-corrected chi connectivity index (χ0v) is 22.8. The number of nitro benzene ring substituents is 1. The minimum atomic E-state index is -1.28. The van der Waals surface area contributed by atoms with Crippen LogP contribution in [-0.4, -0.2) is 69.4 Å². The molecule has 2 aromatic rings. The van der Waals surface area contributed by atoms with Gasteiger partial charge in [0, 0.05) is 36.1 Å². The molecule has 1 aliphatic rings. The summed E-state index contributed by atoms with van der Waals surface area (Å²) >= 11 is 0. The second kappa shape index (κ2) is 13.7. The molecule has 0 saturated carbocycles. The van der Waals surface area contributed by atoms with Crippen LogP contribution < -0.4 is 10.1 Å². The van der Waals surface area contributed by atoms with E-state index in [1.807, 2.05) is 31.2 Å². The van der Waals surface area contributed by atoms with Gasteiger partial charge >= 0.3 is 11.9 Å². The zero-order valence-electron chi connectivity index (χ0n) is 22.8. The Morgan fingerprint density at radius 1 is 1.07 bits per heavy atom. The van der Waals surface area contributed by atoms with E-state index in [4.69, 9.17) is 9.84 Å². The highest BCUT2D eigenvalue weighted by Gasteiger charge is 2.39. The maximum atomic E-state index is 12.4. The summed E-state index contributed by atoms with van der Waals surface area (Å²) in [7, 11) is 0. The number of aliphatic hydroxyl groups excluding tert-OH is 1. The van der Waals surface area contributed by atoms with Crippen molar-refractivity contribution < 1.29 is 34.6 Å². The average molecular weight is 554 g/mol. The van der Waals surface area contributed by atoms with Crippen molar-refractivity contribution in [1.29, 1.82) is 0 Å². The van der Waals surface area contributed by atoms with Gasteiger partial charge in [0.1, 0.15) is 5.75 Å². The van der Waals surface area contributed by atoms with Crippen LogP contribution >= 0.6 is 0 Å². The molecule has 3 rings (SSSR count). The number of nitro groups is 1. The van der Waals surface area contributed by atoms with E-state index in [9.17, 15) is 29.9 Å². The molecule has 0 amide bonds. The van der Waals surface area contributed by atoms with Crippen molar-refractivity contribution >= 4 is 17.6 Å². The number of carboxylic acids is 2. The third-order valence-electron chi connectivity index (χ3n) is 6.95. The van der Waals surface area contributed by atoms with Gasteiger partial charge in [-0.3, -0.25) is 10.1 Å². The van der Waals surface area contributed by atoms with E-state index >= 15 is 0 Å². The number of aliphatic carboxylic acids is 2. The summed E-state index contributed by atoms with van der Waals surface area (Å²) in [6.45, 7) is 6.83. The summed E-state index contributed by atoms with van der Waals surface area (Å²) in [5, 5.41) is 43.8.